The number of piperidine rings is 1. The van der Waals surface area contributed by atoms with Gasteiger partial charge in [0.05, 0.1) is 26.2 Å². The fraction of sp³-hybridized carbons (Fsp3) is 0.348. The van der Waals surface area contributed by atoms with Gasteiger partial charge >= 0.3 is 5.97 Å². The quantitative estimate of drug-likeness (QED) is 0.678. The Morgan fingerprint density at radius 1 is 1.07 bits per heavy atom. The molecule has 0 aromatic heterocycles. The number of carbonyl (C=O) groups excluding carboxylic acids is 2. The fourth-order valence-electron chi connectivity index (χ4n) is 3.66. The van der Waals surface area contributed by atoms with Gasteiger partial charge in [0, 0.05) is 12.1 Å². The molecular formula is C23H24N2O5. The van der Waals surface area contributed by atoms with Crippen molar-refractivity contribution in [2.45, 2.75) is 31.9 Å². The maximum absolute atomic E-state index is 13.0. The van der Waals surface area contributed by atoms with E-state index >= 15 is 0 Å². The third kappa shape index (κ3) is 4.38. The van der Waals surface area contributed by atoms with E-state index in [-0.39, 0.29) is 12.3 Å². The molecule has 2 aromatic rings. The number of hydrogen-bond acceptors (Lipinski definition) is 6. The zero-order valence-electron chi connectivity index (χ0n) is 17.2. The zero-order valence-corrected chi connectivity index (χ0v) is 17.2. The molecule has 1 heterocycles. The first-order valence-corrected chi connectivity index (χ1v) is 9.68. The molecule has 1 fully saturated rings. The molecule has 2 aromatic carbocycles. The predicted molar refractivity (Wildman–Crippen MR) is 110 cm³/mol. The highest BCUT2D eigenvalue weighted by molar-refractivity contribution is 5.97. The van der Waals surface area contributed by atoms with Gasteiger partial charge in [0.2, 0.25) is 5.91 Å². The minimum atomic E-state index is -0.860. The summed E-state index contributed by atoms with van der Waals surface area (Å²) in [4.78, 5) is 27.5. The third-order valence-electron chi connectivity index (χ3n) is 5.18. The molecule has 3 atom stereocenters. The molecule has 7 nitrogen and oxygen atoms in total. The van der Waals surface area contributed by atoms with E-state index in [1.54, 1.807) is 55.5 Å². The monoisotopic (exact) mass is 408 g/mol. The molecule has 30 heavy (non-hydrogen) atoms. The highest BCUT2D eigenvalue weighted by Crippen LogP contribution is 2.41. The molecule has 3 rings (SSSR count). The van der Waals surface area contributed by atoms with E-state index in [0.717, 1.165) is 5.56 Å². The van der Waals surface area contributed by atoms with Gasteiger partial charge in [0.25, 0.3) is 0 Å². The standard InChI is InChI=1S/C23H24N2O5/c1-15(14-24)30-23(27)20-12-13-21(26)25(17-6-10-19(29-3)11-7-17)22(20)16-4-8-18(28-2)9-5-16/h4-11,15,20,22H,12-13H2,1-3H3/t15-,20+,22+/m0/s1. The van der Waals surface area contributed by atoms with Crippen LogP contribution in [0.3, 0.4) is 0 Å². The third-order valence-corrected chi connectivity index (χ3v) is 5.18. The van der Waals surface area contributed by atoms with Crippen molar-refractivity contribution in [1.29, 1.82) is 5.26 Å². The number of ether oxygens (including phenoxy) is 3. The average molecular weight is 408 g/mol. The van der Waals surface area contributed by atoms with Crippen molar-refractivity contribution in [3.63, 3.8) is 0 Å². The summed E-state index contributed by atoms with van der Waals surface area (Å²) in [6, 6.07) is 15.7. The maximum atomic E-state index is 13.0. The summed E-state index contributed by atoms with van der Waals surface area (Å²) in [5.74, 6) is 0.167. The van der Waals surface area contributed by atoms with E-state index in [1.165, 1.54) is 6.92 Å². The Morgan fingerprint density at radius 2 is 1.63 bits per heavy atom. The van der Waals surface area contributed by atoms with Crippen molar-refractivity contribution in [2.24, 2.45) is 5.92 Å². The summed E-state index contributed by atoms with van der Waals surface area (Å²) in [5, 5.41) is 9.03. The topological polar surface area (TPSA) is 88.9 Å². The van der Waals surface area contributed by atoms with E-state index in [0.29, 0.717) is 23.6 Å². The zero-order chi connectivity index (χ0) is 21.7. The molecule has 0 saturated carbocycles. The van der Waals surface area contributed by atoms with Crippen LogP contribution in [0.2, 0.25) is 0 Å². The molecule has 0 spiro atoms. The van der Waals surface area contributed by atoms with Crippen LogP contribution in [0, 0.1) is 17.2 Å². The van der Waals surface area contributed by atoms with Crippen LogP contribution in [0.4, 0.5) is 5.69 Å². The Hall–Kier alpha value is -3.53. The number of esters is 1. The smallest absolute Gasteiger partial charge is 0.312 e. The van der Waals surface area contributed by atoms with Crippen LogP contribution in [-0.2, 0) is 14.3 Å². The highest BCUT2D eigenvalue weighted by Gasteiger charge is 2.42. The fourth-order valence-corrected chi connectivity index (χ4v) is 3.66. The first kappa shape index (κ1) is 21.2. The van der Waals surface area contributed by atoms with Gasteiger partial charge in [-0.1, -0.05) is 12.1 Å². The molecular weight excluding hydrogens is 384 g/mol. The second-order valence-corrected chi connectivity index (χ2v) is 7.03. The number of carbonyl (C=O) groups is 2. The number of nitriles is 1. The number of nitrogens with zero attached hydrogens (tertiary/aromatic N) is 2. The lowest BCUT2D eigenvalue weighted by molar-refractivity contribution is -0.153. The van der Waals surface area contributed by atoms with Crippen LogP contribution >= 0.6 is 0 Å². The van der Waals surface area contributed by atoms with Crippen molar-refractivity contribution in [2.75, 3.05) is 19.1 Å². The lowest BCUT2D eigenvalue weighted by Crippen LogP contribution is -2.46. The number of amides is 1. The van der Waals surface area contributed by atoms with Crippen molar-refractivity contribution in [3.05, 3.63) is 54.1 Å². The second kappa shape index (κ2) is 9.31. The SMILES string of the molecule is COc1ccc([C@@H]2[C@H](C(=O)O[C@@H](C)C#N)CCC(=O)N2c2ccc(OC)cc2)cc1. The molecule has 0 aliphatic carbocycles. The number of rotatable bonds is 6. The molecule has 0 unspecified atom stereocenters. The minimum Gasteiger partial charge on any atom is -0.497 e. The number of hydrogen-bond donors (Lipinski definition) is 0. The molecule has 1 saturated heterocycles. The molecule has 0 radical (unpaired) electrons. The van der Waals surface area contributed by atoms with E-state index in [4.69, 9.17) is 19.5 Å². The van der Waals surface area contributed by atoms with E-state index in [2.05, 4.69) is 0 Å². The van der Waals surface area contributed by atoms with Crippen molar-refractivity contribution >= 4 is 17.6 Å². The summed E-state index contributed by atoms with van der Waals surface area (Å²) in [6.07, 6.45) is -0.306. The summed E-state index contributed by atoms with van der Waals surface area (Å²) >= 11 is 0. The Bertz CT molecular complexity index is 934. The Kier molecular flexibility index (Phi) is 6.58. The van der Waals surface area contributed by atoms with E-state index in [1.807, 2.05) is 18.2 Å². The van der Waals surface area contributed by atoms with Crippen molar-refractivity contribution in [3.8, 4) is 17.6 Å². The van der Waals surface area contributed by atoms with Crippen LogP contribution in [0.5, 0.6) is 11.5 Å². The van der Waals surface area contributed by atoms with Gasteiger partial charge in [-0.05, 0) is 55.3 Å². The largest absolute Gasteiger partial charge is 0.497 e. The Morgan fingerprint density at radius 3 is 2.17 bits per heavy atom. The van der Waals surface area contributed by atoms with Gasteiger partial charge in [0.15, 0.2) is 6.10 Å². The molecule has 7 heteroatoms. The first-order valence-electron chi connectivity index (χ1n) is 9.68. The molecule has 0 bridgehead atoms. The summed E-state index contributed by atoms with van der Waals surface area (Å²) in [6.45, 7) is 1.52. The lowest BCUT2D eigenvalue weighted by atomic mass is 9.83. The lowest BCUT2D eigenvalue weighted by Gasteiger charge is -2.40. The molecule has 1 aliphatic heterocycles. The van der Waals surface area contributed by atoms with Gasteiger partial charge in [-0.15, -0.1) is 0 Å². The average Bonchev–Trinajstić information content (AvgIpc) is 2.78. The number of methoxy groups -OCH3 is 2. The van der Waals surface area contributed by atoms with Gasteiger partial charge in [-0.2, -0.15) is 5.26 Å². The molecule has 1 amide bonds. The minimum absolute atomic E-state index is 0.0848. The maximum Gasteiger partial charge on any atom is 0.312 e. The van der Waals surface area contributed by atoms with Crippen LogP contribution in [-0.4, -0.2) is 32.2 Å². The Labute approximate surface area is 175 Å². The predicted octanol–water partition coefficient (Wildman–Crippen LogP) is 3.64. The second-order valence-electron chi connectivity index (χ2n) is 7.03. The van der Waals surface area contributed by atoms with Gasteiger partial charge in [-0.3, -0.25) is 9.59 Å². The van der Waals surface area contributed by atoms with Gasteiger partial charge < -0.3 is 19.1 Å². The van der Waals surface area contributed by atoms with Crippen molar-refractivity contribution < 1.29 is 23.8 Å². The molecule has 0 N–H and O–H groups in total. The number of anilines is 1. The van der Waals surface area contributed by atoms with E-state index < -0.39 is 24.0 Å². The summed E-state index contributed by atoms with van der Waals surface area (Å²) < 4.78 is 15.8. The van der Waals surface area contributed by atoms with Crippen molar-refractivity contribution in [1.82, 2.24) is 0 Å². The molecule has 156 valence electrons. The van der Waals surface area contributed by atoms with Gasteiger partial charge in [-0.25, -0.2) is 0 Å². The van der Waals surface area contributed by atoms with Crippen LogP contribution in [0.15, 0.2) is 48.5 Å². The van der Waals surface area contributed by atoms with Gasteiger partial charge in [0.1, 0.15) is 17.6 Å². The Balaban J connectivity index is 2.04. The highest BCUT2D eigenvalue weighted by atomic mass is 16.5. The van der Waals surface area contributed by atoms with Crippen LogP contribution < -0.4 is 14.4 Å². The van der Waals surface area contributed by atoms with Crippen LogP contribution in [0.1, 0.15) is 31.4 Å². The molecule has 1 aliphatic rings. The normalized spacial score (nSPS) is 19.5. The summed E-state index contributed by atoms with van der Waals surface area (Å²) in [7, 11) is 3.15. The number of benzene rings is 2. The van der Waals surface area contributed by atoms with Crippen LogP contribution in [0.25, 0.3) is 0 Å². The first-order chi connectivity index (χ1) is 14.5. The summed E-state index contributed by atoms with van der Waals surface area (Å²) in [5.41, 5.74) is 1.44. The van der Waals surface area contributed by atoms with E-state index in [9.17, 15) is 9.59 Å².